The molecule has 0 spiro atoms. The summed E-state index contributed by atoms with van der Waals surface area (Å²) in [7, 11) is 0. The van der Waals surface area contributed by atoms with Gasteiger partial charge in [-0.1, -0.05) is 60.1 Å². The molecule has 1 nitrogen and oxygen atoms in total. The highest BCUT2D eigenvalue weighted by Crippen LogP contribution is 2.16. The predicted molar refractivity (Wildman–Crippen MR) is 87.4 cm³/mol. The van der Waals surface area contributed by atoms with Crippen LogP contribution in [0.15, 0.2) is 54.6 Å². The first kappa shape index (κ1) is 15.1. The Morgan fingerprint density at radius 3 is 2.45 bits per heavy atom. The smallest absolute Gasteiger partial charge is 0.0438 e. The van der Waals surface area contributed by atoms with E-state index in [4.69, 9.17) is 11.6 Å². The van der Waals surface area contributed by atoms with Crippen molar-refractivity contribution >= 4 is 11.6 Å². The number of hydrogen-bond acceptors (Lipinski definition) is 1. The lowest BCUT2D eigenvalue weighted by atomic mass is 10.1. The fourth-order valence-corrected chi connectivity index (χ4v) is 2.56. The van der Waals surface area contributed by atoms with Crippen molar-refractivity contribution in [3.63, 3.8) is 0 Å². The van der Waals surface area contributed by atoms with Crippen LogP contribution in [0.2, 0.25) is 5.02 Å². The third kappa shape index (κ3) is 4.99. The summed E-state index contributed by atoms with van der Waals surface area (Å²) in [4.78, 5) is 0. The number of hydrogen-bond donors (Lipinski definition) is 1. The monoisotopic (exact) mass is 287 g/mol. The SMILES string of the molecule is CC(Cc1ccccc1Cl)NCCCc1ccccc1. The maximum absolute atomic E-state index is 6.18. The van der Waals surface area contributed by atoms with Gasteiger partial charge in [-0.2, -0.15) is 0 Å². The van der Waals surface area contributed by atoms with Crippen LogP contribution in [0.5, 0.6) is 0 Å². The van der Waals surface area contributed by atoms with Gasteiger partial charge in [-0.05, 0) is 49.9 Å². The first-order valence-corrected chi connectivity index (χ1v) is 7.64. The number of benzene rings is 2. The number of halogens is 1. The molecule has 1 unspecified atom stereocenters. The van der Waals surface area contributed by atoms with Crippen molar-refractivity contribution < 1.29 is 0 Å². The molecule has 0 saturated carbocycles. The van der Waals surface area contributed by atoms with E-state index in [1.165, 1.54) is 11.1 Å². The minimum Gasteiger partial charge on any atom is -0.314 e. The molecule has 0 bridgehead atoms. The van der Waals surface area contributed by atoms with Gasteiger partial charge < -0.3 is 5.32 Å². The Morgan fingerprint density at radius 2 is 1.70 bits per heavy atom. The van der Waals surface area contributed by atoms with Crippen LogP contribution in [-0.2, 0) is 12.8 Å². The van der Waals surface area contributed by atoms with E-state index >= 15 is 0 Å². The molecule has 2 aromatic carbocycles. The van der Waals surface area contributed by atoms with Gasteiger partial charge >= 0.3 is 0 Å². The molecular formula is C18H22ClN. The molecule has 0 aliphatic carbocycles. The maximum Gasteiger partial charge on any atom is 0.0438 e. The van der Waals surface area contributed by atoms with Crippen molar-refractivity contribution in [3.8, 4) is 0 Å². The van der Waals surface area contributed by atoms with Gasteiger partial charge in [0.25, 0.3) is 0 Å². The second-order valence-corrected chi connectivity index (χ2v) is 5.65. The normalized spacial score (nSPS) is 12.3. The van der Waals surface area contributed by atoms with Crippen LogP contribution in [0, 0.1) is 0 Å². The van der Waals surface area contributed by atoms with Crippen LogP contribution in [0.3, 0.4) is 0 Å². The summed E-state index contributed by atoms with van der Waals surface area (Å²) in [5.74, 6) is 0. The molecule has 0 heterocycles. The Labute approximate surface area is 127 Å². The second-order valence-electron chi connectivity index (χ2n) is 5.24. The van der Waals surface area contributed by atoms with E-state index in [9.17, 15) is 0 Å². The summed E-state index contributed by atoms with van der Waals surface area (Å²) < 4.78 is 0. The van der Waals surface area contributed by atoms with Gasteiger partial charge in [0.05, 0.1) is 0 Å². The molecule has 2 aromatic rings. The predicted octanol–water partition coefficient (Wildman–Crippen LogP) is 4.49. The molecule has 1 atom stereocenters. The van der Waals surface area contributed by atoms with E-state index in [1.807, 2.05) is 18.2 Å². The van der Waals surface area contributed by atoms with Crippen LogP contribution in [0.4, 0.5) is 0 Å². The molecule has 106 valence electrons. The van der Waals surface area contributed by atoms with Crippen LogP contribution in [0.1, 0.15) is 24.5 Å². The summed E-state index contributed by atoms with van der Waals surface area (Å²) in [5, 5.41) is 4.44. The third-order valence-corrected chi connectivity index (χ3v) is 3.83. The average Bonchev–Trinajstić information content (AvgIpc) is 2.47. The summed E-state index contributed by atoms with van der Waals surface area (Å²) in [6, 6.07) is 19.2. The van der Waals surface area contributed by atoms with E-state index in [2.05, 4.69) is 48.6 Å². The van der Waals surface area contributed by atoms with Gasteiger partial charge in [0.2, 0.25) is 0 Å². The summed E-state index contributed by atoms with van der Waals surface area (Å²) in [6.07, 6.45) is 3.27. The molecule has 20 heavy (non-hydrogen) atoms. The lowest BCUT2D eigenvalue weighted by Crippen LogP contribution is -2.29. The van der Waals surface area contributed by atoms with Crippen LogP contribution in [0.25, 0.3) is 0 Å². The fraction of sp³-hybridized carbons (Fsp3) is 0.333. The van der Waals surface area contributed by atoms with E-state index < -0.39 is 0 Å². The lowest BCUT2D eigenvalue weighted by Gasteiger charge is -2.14. The number of nitrogens with one attached hydrogen (secondary N) is 1. The number of aryl methyl sites for hydroxylation is 1. The molecule has 0 saturated heterocycles. The first-order valence-electron chi connectivity index (χ1n) is 7.26. The van der Waals surface area contributed by atoms with Crippen molar-refractivity contribution in [2.75, 3.05) is 6.54 Å². The van der Waals surface area contributed by atoms with Gasteiger partial charge in [-0.25, -0.2) is 0 Å². The standard InChI is InChI=1S/C18H22ClN/c1-15(14-17-11-5-6-12-18(17)19)20-13-7-10-16-8-3-2-4-9-16/h2-6,8-9,11-12,15,20H,7,10,13-14H2,1H3. The molecule has 2 rings (SSSR count). The van der Waals surface area contributed by atoms with E-state index in [-0.39, 0.29) is 0 Å². The van der Waals surface area contributed by atoms with Gasteiger partial charge in [-0.3, -0.25) is 0 Å². The zero-order valence-corrected chi connectivity index (χ0v) is 12.7. The Kier molecular flexibility index (Phi) is 6.10. The summed E-state index contributed by atoms with van der Waals surface area (Å²) in [6.45, 7) is 3.26. The maximum atomic E-state index is 6.18. The quantitative estimate of drug-likeness (QED) is 0.740. The fourth-order valence-electron chi connectivity index (χ4n) is 2.35. The van der Waals surface area contributed by atoms with E-state index in [1.54, 1.807) is 0 Å². The topological polar surface area (TPSA) is 12.0 Å². The van der Waals surface area contributed by atoms with Crippen LogP contribution < -0.4 is 5.32 Å². The van der Waals surface area contributed by atoms with Gasteiger partial charge in [0.15, 0.2) is 0 Å². The Hall–Kier alpha value is -1.31. The van der Waals surface area contributed by atoms with Gasteiger partial charge in [0, 0.05) is 11.1 Å². The van der Waals surface area contributed by atoms with Crippen LogP contribution in [-0.4, -0.2) is 12.6 Å². The highest BCUT2D eigenvalue weighted by Gasteiger charge is 2.05. The van der Waals surface area contributed by atoms with E-state index in [0.29, 0.717) is 6.04 Å². The Bertz CT molecular complexity index is 510. The second kappa shape index (κ2) is 8.08. The molecule has 1 N–H and O–H groups in total. The number of rotatable bonds is 7. The van der Waals surface area contributed by atoms with Gasteiger partial charge in [0.1, 0.15) is 0 Å². The highest BCUT2D eigenvalue weighted by atomic mass is 35.5. The molecule has 0 amide bonds. The Morgan fingerprint density at radius 1 is 1.00 bits per heavy atom. The van der Waals surface area contributed by atoms with Crippen LogP contribution >= 0.6 is 11.6 Å². The minimum absolute atomic E-state index is 0.450. The molecule has 2 heteroatoms. The summed E-state index contributed by atoms with van der Waals surface area (Å²) in [5.41, 5.74) is 2.63. The lowest BCUT2D eigenvalue weighted by molar-refractivity contribution is 0.534. The molecule has 0 aliphatic heterocycles. The molecule has 0 aliphatic rings. The van der Waals surface area contributed by atoms with Crippen molar-refractivity contribution in [2.24, 2.45) is 0 Å². The first-order chi connectivity index (χ1) is 9.75. The molecular weight excluding hydrogens is 266 g/mol. The molecule has 0 radical (unpaired) electrons. The third-order valence-electron chi connectivity index (χ3n) is 3.46. The summed E-state index contributed by atoms with van der Waals surface area (Å²) >= 11 is 6.18. The largest absolute Gasteiger partial charge is 0.314 e. The van der Waals surface area contributed by atoms with Crippen molar-refractivity contribution in [1.29, 1.82) is 0 Å². The zero-order chi connectivity index (χ0) is 14.2. The molecule has 0 aromatic heterocycles. The van der Waals surface area contributed by atoms with Gasteiger partial charge in [-0.15, -0.1) is 0 Å². The minimum atomic E-state index is 0.450. The molecule has 0 fully saturated rings. The zero-order valence-electron chi connectivity index (χ0n) is 12.0. The highest BCUT2D eigenvalue weighted by molar-refractivity contribution is 6.31. The van der Waals surface area contributed by atoms with Crippen molar-refractivity contribution in [3.05, 3.63) is 70.7 Å². The Balaban J connectivity index is 1.68. The van der Waals surface area contributed by atoms with Crippen molar-refractivity contribution in [2.45, 2.75) is 32.2 Å². The average molecular weight is 288 g/mol. The van der Waals surface area contributed by atoms with E-state index in [0.717, 1.165) is 30.8 Å². The van der Waals surface area contributed by atoms with Crippen molar-refractivity contribution in [1.82, 2.24) is 5.32 Å².